The summed E-state index contributed by atoms with van der Waals surface area (Å²) in [5.74, 6) is 0.365. The molecule has 0 aliphatic rings. The van der Waals surface area contributed by atoms with E-state index in [9.17, 15) is 14.9 Å². The van der Waals surface area contributed by atoms with Crippen molar-refractivity contribution in [1.82, 2.24) is 19.7 Å². The Kier molecular flexibility index (Phi) is 4.80. The molecule has 0 aliphatic carbocycles. The zero-order valence-corrected chi connectivity index (χ0v) is 15.3. The number of nitrogens with one attached hydrogen (secondary N) is 3. The molecule has 0 fully saturated rings. The van der Waals surface area contributed by atoms with Gasteiger partial charge in [0.2, 0.25) is 5.95 Å². The van der Waals surface area contributed by atoms with Crippen LogP contribution in [0.3, 0.4) is 0 Å². The van der Waals surface area contributed by atoms with Gasteiger partial charge in [-0.3, -0.25) is 19.9 Å². The second-order valence-corrected chi connectivity index (χ2v) is 7.04. The average Bonchev–Trinajstić information content (AvgIpc) is 3.04. The van der Waals surface area contributed by atoms with Gasteiger partial charge in [-0.25, -0.2) is 4.68 Å². The van der Waals surface area contributed by atoms with E-state index < -0.39 is 4.92 Å². The van der Waals surface area contributed by atoms with Crippen LogP contribution >= 0.6 is 0 Å². The Labute approximate surface area is 154 Å². The van der Waals surface area contributed by atoms with Gasteiger partial charge in [0.15, 0.2) is 5.65 Å². The highest BCUT2D eigenvalue weighted by atomic mass is 16.6. The summed E-state index contributed by atoms with van der Waals surface area (Å²) >= 11 is 0. The minimum absolute atomic E-state index is 0.0456. The van der Waals surface area contributed by atoms with Crippen molar-refractivity contribution >= 4 is 28.4 Å². The van der Waals surface area contributed by atoms with Crippen LogP contribution in [0.1, 0.15) is 20.8 Å². The standard InChI is InChI=1S/C17H21N7O3/c1-17(2,3)23-14-13(10-20-23)15(25)22-16(21-14)19-9-8-18-11-4-6-12(7-5-11)24(26)27/h4-7,10,18H,8-9H2,1-3H3,(H2,19,21,22,25). The largest absolute Gasteiger partial charge is 0.383 e. The van der Waals surface area contributed by atoms with Gasteiger partial charge in [-0.05, 0) is 32.9 Å². The Hall–Kier alpha value is -3.43. The van der Waals surface area contributed by atoms with Crippen LogP contribution in [0.2, 0.25) is 0 Å². The third-order valence-electron chi connectivity index (χ3n) is 3.90. The molecule has 0 radical (unpaired) electrons. The highest BCUT2D eigenvalue weighted by Crippen LogP contribution is 2.18. The first-order valence-corrected chi connectivity index (χ1v) is 8.46. The van der Waals surface area contributed by atoms with Gasteiger partial charge in [-0.2, -0.15) is 10.1 Å². The molecule has 3 aromatic rings. The van der Waals surface area contributed by atoms with Crippen molar-refractivity contribution in [2.45, 2.75) is 26.3 Å². The first-order valence-electron chi connectivity index (χ1n) is 8.46. The quantitative estimate of drug-likeness (QED) is 0.344. The van der Waals surface area contributed by atoms with Gasteiger partial charge in [-0.1, -0.05) is 0 Å². The number of hydrogen-bond donors (Lipinski definition) is 3. The summed E-state index contributed by atoms with van der Waals surface area (Å²) in [7, 11) is 0. The van der Waals surface area contributed by atoms with Gasteiger partial charge in [-0.15, -0.1) is 0 Å². The van der Waals surface area contributed by atoms with E-state index in [0.717, 1.165) is 5.69 Å². The number of hydrogen-bond acceptors (Lipinski definition) is 7. The number of aromatic amines is 1. The Morgan fingerprint density at radius 3 is 2.48 bits per heavy atom. The van der Waals surface area contributed by atoms with Crippen molar-refractivity contribution in [3.05, 3.63) is 50.9 Å². The SMILES string of the molecule is CC(C)(C)n1ncc2c(=O)[nH]c(NCCNc3ccc([N+](=O)[O-])cc3)nc21. The van der Waals surface area contributed by atoms with Crippen molar-refractivity contribution in [3.63, 3.8) is 0 Å². The molecule has 27 heavy (non-hydrogen) atoms. The smallest absolute Gasteiger partial charge is 0.269 e. The lowest BCUT2D eigenvalue weighted by Gasteiger charge is -2.19. The molecule has 3 N–H and O–H groups in total. The maximum Gasteiger partial charge on any atom is 0.269 e. The average molecular weight is 371 g/mol. The summed E-state index contributed by atoms with van der Waals surface area (Å²) < 4.78 is 1.72. The van der Waals surface area contributed by atoms with Crippen LogP contribution in [0, 0.1) is 10.1 Å². The Morgan fingerprint density at radius 2 is 1.85 bits per heavy atom. The first-order chi connectivity index (χ1) is 12.8. The summed E-state index contributed by atoms with van der Waals surface area (Å²) in [6.07, 6.45) is 1.52. The van der Waals surface area contributed by atoms with Crippen LogP contribution in [-0.4, -0.2) is 37.8 Å². The topological polar surface area (TPSA) is 131 Å². The number of non-ortho nitro benzene ring substituents is 1. The van der Waals surface area contributed by atoms with Gasteiger partial charge in [0.25, 0.3) is 11.2 Å². The minimum Gasteiger partial charge on any atom is -0.383 e. The number of rotatable bonds is 6. The summed E-state index contributed by atoms with van der Waals surface area (Å²) in [6.45, 7) is 7.00. The summed E-state index contributed by atoms with van der Waals surface area (Å²) in [6, 6.07) is 6.17. The Bertz CT molecular complexity index is 1020. The molecule has 2 aromatic heterocycles. The number of benzene rings is 1. The third-order valence-corrected chi connectivity index (χ3v) is 3.90. The monoisotopic (exact) mass is 371 g/mol. The number of fused-ring (bicyclic) bond motifs is 1. The van der Waals surface area contributed by atoms with Crippen LogP contribution in [-0.2, 0) is 5.54 Å². The maximum atomic E-state index is 12.2. The van der Waals surface area contributed by atoms with Gasteiger partial charge in [0.05, 0.1) is 16.7 Å². The number of H-pyrrole nitrogens is 1. The van der Waals surface area contributed by atoms with Crippen LogP contribution < -0.4 is 16.2 Å². The molecule has 0 saturated carbocycles. The van der Waals surface area contributed by atoms with E-state index in [4.69, 9.17) is 0 Å². The van der Waals surface area contributed by atoms with Crippen molar-refractivity contribution in [3.8, 4) is 0 Å². The Morgan fingerprint density at radius 1 is 1.19 bits per heavy atom. The number of anilines is 2. The molecule has 10 heteroatoms. The number of aromatic nitrogens is 4. The fourth-order valence-electron chi connectivity index (χ4n) is 2.58. The van der Waals surface area contributed by atoms with Crippen LogP contribution in [0.15, 0.2) is 35.3 Å². The lowest BCUT2D eigenvalue weighted by atomic mass is 10.1. The fraction of sp³-hybridized carbons (Fsp3) is 0.353. The minimum atomic E-state index is -0.439. The van der Waals surface area contributed by atoms with Crippen molar-refractivity contribution in [1.29, 1.82) is 0 Å². The molecular formula is C17H21N7O3. The van der Waals surface area contributed by atoms with Gasteiger partial charge >= 0.3 is 0 Å². The van der Waals surface area contributed by atoms with Gasteiger partial charge in [0, 0.05) is 30.9 Å². The molecule has 0 unspecified atom stereocenters. The second kappa shape index (κ2) is 7.06. The van der Waals surface area contributed by atoms with Crippen LogP contribution in [0.4, 0.5) is 17.3 Å². The third kappa shape index (κ3) is 4.05. The zero-order valence-electron chi connectivity index (χ0n) is 15.3. The van der Waals surface area contributed by atoms with E-state index >= 15 is 0 Å². The van der Waals surface area contributed by atoms with E-state index in [1.54, 1.807) is 16.8 Å². The molecule has 0 aliphatic heterocycles. The van der Waals surface area contributed by atoms with E-state index in [1.807, 2.05) is 20.8 Å². The second-order valence-electron chi connectivity index (χ2n) is 7.04. The molecule has 0 saturated heterocycles. The van der Waals surface area contributed by atoms with Crippen LogP contribution in [0.25, 0.3) is 11.0 Å². The van der Waals surface area contributed by atoms with E-state index in [0.29, 0.717) is 30.1 Å². The summed E-state index contributed by atoms with van der Waals surface area (Å²) in [5.41, 5.74) is 0.796. The molecule has 2 heterocycles. The summed E-state index contributed by atoms with van der Waals surface area (Å²) in [4.78, 5) is 29.6. The molecular weight excluding hydrogens is 350 g/mol. The molecule has 0 atom stereocenters. The van der Waals surface area contributed by atoms with Crippen molar-refractivity contribution < 1.29 is 4.92 Å². The van der Waals surface area contributed by atoms with Crippen molar-refractivity contribution in [2.24, 2.45) is 0 Å². The summed E-state index contributed by atoms with van der Waals surface area (Å²) in [5, 5.41) is 21.6. The van der Waals surface area contributed by atoms with Crippen molar-refractivity contribution in [2.75, 3.05) is 23.7 Å². The van der Waals surface area contributed by atoms with Gasteiger partial charge in [0.1, 0.15) is 5.39 Å². The molecule has 142 valence electrons. The lowest BCUT2D eigenvalue weighted by Crippen LogP contribution is -2.24. The molecule has 1 aromatic carbocycles. The predicted molar refractivity (Wildman–Crippen MR) is 103 cm³/mol. The highest BCUT2D eigenvalue weighted by Gasteiger charge is 2.19. The predicted octanol–water partition coefficient (Wildman–Crippen LogP) is 2.31. The molecule has 0 bridgehead atoms. The lowest BCUT2D eigenvalue weighted by molar-refractivity contribution is -0.384. The normalized spacial score (nSPS) is 11.5. The number of nitro benzene ring substituents is 1. The zero-order chi connectivity index (χ0) is 19.6. The number of nitro groups is 1. The maximum absolute atomic E-state index is 12.2. The fourth-order valence-corrected chi connectivity index (χ4v) is 2.58. The highest BCUT2D eigenvalue weighted by molar-refractivity contribution is 5.74. The van der Waals surface area contributed by atoms with E-state index in [2.05, 4.69) is 25.7 Å². The molecule has 10 nitrogen and oxygen atoms in total. The van der Waals surface area contributed by atoms with Gasteiger partial charge < -0.3 is 10.6 Å². The van der Waals surface area contributed by atoms with E-state index in [-0.39, 0.29) is 16.8 Å². The molecule has 3 rings (SSSR count). The Balaban J connectivity index is 1.65. The first kappa shape index (κ1) is 18.4. The molecule has 0 amide bonds. The number of nitrogens with zero attached hydrogens (tertiary/aromatic N) is 4. The molecule has 0 spiro atoms. The van der Waals surface area contributed by atoms with Crippen LogP contribution in [0.5, 0.6) is 0 Å². The van der Waals surface area contributed by atoms with E-state index in [1.165, 1.54) is 18.3 Å².